The number of aryl methyl sites for hydroxylation is 1. The van der Waals surface area contributed by atoms with E-state index >= 15 is 0 Å². The molecular weight excluding hydrogens is 262 g/mol. The summed E-state index contributed by atoms with van der Waals surface area (Å²) in [5, 5.41) is 0.515. The van der Waals surface area contributed by atoms with Gasteiger partial charge in [0.05, 0.1) is 10.9 Å². The summed E-state index contributed by atoms with van der Waals surface area (Å²) >= 11 is 0. The van der Waals surface area contributed by atoms with Crippen LogP contribution in [-0.2, 0) is 6.42 Å². The summed E-state index contributed by atoms with van der Waals surface area (Å²) in [6, 6.07) is 15.3. The van der Waals surface area contributed by atoms with Crippen molar-refractivity contribution < 1.29 is 4.42 Å². The van der Waals surface area contributed by atoms with Crippen molar-refractivity contribution in [2.45, 2.75) is 26.2 Å². The minimum atomic E-state index is -0.342. The van der Waals surface area contributed by atoms with Gasteiger partial charge in [0.25, 0.3) is 0 Å². The van der Waals surface area contributed by atoms with Crippen LogP contribution < -0.4 is 5.63 Å². The third-order valence-electron chi connectivity index (χ3n) is 3.56. The predicted molar refractivity (Wildman–Crippen MR) is 84.3 cm³/mol. The van der Waals surface area contributed by atoms with Crippen LogP contribution in [-0.4, -0.2) is 4.98 Å². The van der Waals surface area contributed by atoms with Crippen LogP contribution in [0.15, 0.2) is 57.7 Å². The fourth-order valence-electron chi connectivity index (χ4n) is 2.34. The van der Waals surface area contributed by atoms with Gasteiger partial charge in [0.1, 0.15) is 0 Å². The maximum absolute atomic E-state index is 12.0. The number of hydrogen-bond donors (Lipinski definition) is 0. The number of rotatable bonds is 4. The molecule has 0 aliphatic heterocycles. The molecule has 0 N–H and O–H groups in total. The number of nitrogens with zero attached hydrogens (tertiary/aromatic N) is 1. The number of fused-ring (bicyclic) bond motifs is 1. The van der Waals surface area contributed by atoms with Gasteiger partial charge in [0.2, 0.25) is 5.89 Å². The zero-order valence-electron chi connectivity index (χ0n) is 12.0. The Morgan fingerprint density at radius 2 is 1.81 bits per heavy atom. The van der Waals surface area contributed by atoms with Gasteiger partial charge in [-0.2, -0.15) is 0 Å². The van der Waals surface area contributed by atoms with Crippen LogP contribution in [0.4, 0.5) is 0 Å². The standard InChI is InChI=1S/C18H17NO2/c1-2-3-6-13-9-11-14(12-10-13)17-19-16-8-5-4-7-15(16)18(20)21-17/h4-5,7-12H,2-3,6H2,1H3. The molecule has 3 rings (SSSR count). The minimum Gasteiger partial charge on any atom is -0.403 e. The van der Waals surface area contributed by atoms with E-state index in [1.807, 2.05) is 30.3 Å². The lowest BCUT2D eigenvalue weighted by Gasteiger charge is -2.03. The molecule has 3 nitrogen and oxygen atoms in total. The molecule has 0 bridgehead atoms. The Morgan fingerprint density at radius 1 is 1.05 bits per heavy atom. The molecule has 0 spiro atoms. The van der Waals surface area contributed by atoms with Gasteiger partial charge < -0.3 is 4.42 Å². The minimum absolute atomic E-state index is 0.342. The van der Waals surface area contributed by atoms with Crippen molar-refractivity contribution in [2.75, 3.05) is 0 Å². The first-order valence-electron chi connectivity index (χ1n) is 7.27. The Balaban J connectivity index is 1.98. The van der Waals surface area contributed by atoms with Gasteiger partial charge in [0, 0.05) is 5.56 Å². The van der Waals surface area contributed by atoms with Gasteiger partial charge in [-0.1, -0.05) is 37.6 Å². The molecule has 3 heteroatoms. The Bertz CT molecular complexity index is 803. The maximum Gasteiger partial charge on any atom is 0.347 e. The second kappa shape index (κ2) is 5.92. The molecule has 0 aliphatic rings. The lowest BCUT2D eigenvalue weighted by Crippen LogP contribution is -2.02. The molecule has 106 valence electrons. The summed E-state index contributed by atoms with van der Waals surface area (Å²) in [5.74, 6) is 0.376. The summed E-state index contributed by atoms with van der Waals surface area (Å²) in [6.07, 6.45) is 3.44. The molecule has 0 atom stereocenters. The highest BCUT2D eigenvalue weighted by Crippen LogP contribution is 2.19. The molecule has 0 saturated heterocycles. The van der Waals surface area contributed by atoms with Crippen LogP contribution in [0.1, 0.15) is 25.3 Å². The molecule has 0 amide bonds. The van der Waals surface area contributed by atoms with Gasteiger partial charge >= 0.3 is 5.63 Å². The number of unbranched alkanes of at least 4 members (excludes halogenated alkanes) is 1. The van der Waals surface area contributed by atoms with E-state index in [1.165, 1.54) is 18.4 Å². The van der Waals surface area contributed by atoms with Crippen molar-refractivity contribution in [3.63, 3.8) is 0 Å². The molecule has 0 fully saturated rings. The van der Waals surface area contributed by atoms with Gasteiger partial charge in [-0.25, -0.2) is 9.78 Å². The lowest BCUT2D eigenvalue weighted by atomic mass is 10.1. The molecular formula is C18H17NO2. The van der Waals surface area contributed by atoms with Crippen molar-refractivity contribution in [1.82, 2.24) is 4.98 Å². The average Bonchev–Trinajstić information content (AvgIpc) is 2.53. The highest BCUT2D eigenvalue weighted by Gasteiger charge is 2.07. The van der Waals surface area contributed by atoms with E-state index in [4.69, 9.17) is 4.42 Å². The van der Waals surface area contributed by atoms with E-state index in [0.717, 1.165) is 12.0 Å². The highest BCUT2D eigenvalue weighted by molar-refractivity contribution is 5.78. The van der Waals surface area contributed by atoms with E-state index in [2.05, 4.69) is 24.0 Å². The maximum atomic E-state index is 12.0. The van der Waals surface area contributed by atoms with E-state index in [9.17, 15) is 4.79 Å². The Labute approximate surface area is 123 Å². The number of para-hydroxylation sites is 1. The van der Waals surface area contributed by atoms with Crippen LogP contribution in [0.3, 0.4) is 0 Å². The quantitative estimate of drug-likeness (QED) is 0.719. The van der Waals surface area contributed by atoms with Gasteiger partial charge in [-0.15, -0.1) is 0 Å². The van der Waals surface area contributed by atoms with Crippen molar-refractivity contribution in [1.29, 1.82) is 0 Å². The van der Waals surface area contributed by atoms with Gasteiger partial charge in [-0.3, -0.25) is 0 Å². The normalized spacial score (nSPS) is 10.9. The monoisotopic (exact) mass is 279 g/mol. The van der Waals surface area contributed by atoms with Gasteiger partial charge in [-0.05, 0) is 42.7 Å². The number of aromatic nitrogens is 1. The van der Waals surface area contributed by atoms with Crippen LogP contribution >= 0.6 is 0 Å². The summed E-state index contributed by atoms with van der Waals surface area (Å²) in [4.78, 5) is 16.4. The summed E-state index contributed by atoms with van der Waals surface area (Å²) < 4.78 is 5.33. The summed E-state index contributed by atoms with van der Waals surface area (Å²) in [5.41, 5.74) is 2.45. The first-order valence-corrected chi connectivity index (χ1v) is 7.27. The molecule has 21 heavy (non-hydrogen) atoms. The van der Waals surface area contributed by atoms with Crippen LogP contribution in [0.2, 0.25) is 0 Å². The SMILES string of the molecule is CCCCc1ccc(-c2nc3ccccc3c(=O)o2)cc1. The summed E-state index contributed by atoms with van der Waals surface area (Å²) in [7, 11) is 0. The Hall–Kier alpha value is -2.42. The summed E-state index contributed by atoms with van der Waals surface area (Å²) in [6.45, 7) is 2.18. The molecule has 1 heterocycles. The zero-order valence-corrected chi connectivity index (χ0v) is 12.0. The highest BCUT2D eigenvalue weighted by atomic mass is 16.4. The molecule has 2 aromatic carbocycles. The van der Waals surface area contributed by atoms with Crippen molar-refractivity contribution in [2.24, 2.45) is 0 Å². The van der Waals surface area contributed by atoms with Crippen LogP contribution in [0, 0.1) is 0 Å². The van der Waals surface area contributed by atoms with Crippen molar-refractivity contribution in [3.8, 4) is 11.5 Å². The molecule has 0 saturated carbocycles. The van der Waals surface area contributed by atoms with Gasteiger partial charge in [0.15, 0.2) is 0 Å². The van der Waals surface area contributed by atoms with E-state index < -0.39 is 0 Å². The molecule has 0 unspecified atom stereocenters. The smallest absolute Gasteiger partial charge is 0.347 e. The van der Waals surface area contributed by atoms with Crippen molar-refractivity contribution >= 4 is 10.9 Å². The predicted octanol–water partition coefficient (Wildman–Crippen LogP) is 4.20. The zero-order chi connectivity index (χ0) is 14.7. The molecule has 3 aromatic rings. The Morgan fingerprint density at radius 3 is 2.57 bits per heavy atom. The lowest BCUT2D eigenvalue weighted by molar-refractivity contribution is 0.518. The van der Waals surface area contributed by atoms with Crippen LogP contribution in [0.25, 0.3) is 22.4 Å². The number of hydrogen-bond acceptors (Lipinski definition) is 3. The molecule has 0 radical (unpaired) electrons. The largest absolute Gasteiger partial charge is 0.403 e. The fourth-order valence-corrected chi connectivity index (χ4v) is 2.34. The first-order chi connectivity index (χ1) is 10.3. The second-order valence-corrected chi connectivity index (χ2v) is 5.12. The first kappa shape index (κ1) is 13.6. The van der Waals surface area contributed by atoms with E-state index in [0.29, 0.717) is 16.8 Å². The van der Waals surface area contributed by atoms with Crippen LogP contribution in [0.5, 0.6) is 0 Å². The number of benzene rings is 2. The third-order valence-corrected chi connectivity index (χ3v) is 3.56. The van der Waals surface area contributed by atoms with Crippen molar-refractivity contribution in [3.05, 3.63) is 64.5 Å². The second-order valence-electron chi connectivity index (χ2n) is 5.12. The van der Waals surface area contributed by atoms with E-state index in [-0.39, 0.29) is 5.63 Å². The van der Waals surface area contributed by atoms with E-state index in [1.54, 1.807) is 6.07 Å². The molecule has 0 aliphatic carbocycles. The Kier molecular flexibility index (Phi) is 3.82. The average molecular weight is 279 g/mol. The topological polar surface area (TPSA) is 43.1 Å². The molecule has 1 aromatic heterocycles. The fraction of sp³-hybridized carbons (Fsp3) is 0.222. The third kappa shape index (κ3) is 2.87.